The highest BCUT2D eigenvalue weighted by molar-refractivity contribution is 9.10. The van der Waals surface area contributed by atoms with Gasteiger partial charge in [0.2, 0.25) is 0 Å². The Bertz CT molecular complexity index is 710. The fourth-order valence-corrected chi connectivity index (χ4v) is 2.84. The van der Waals surface area contributed by atoms with Crippen molar-refractivity contribution in [2.75, 3.05) is 12.4 Å². The second-order valence-corrected chi connectivity index (χ2v) is 5.98. The van der Waals surface area contributed by atoms with Crippen LogP contribution in [0.5, 0.6) is 5.75 Å². The van der Waals surface area contributed by atoms with Crippen LogP contribution in [0.2, 0.25) is 15.2 Å². The monoisotopic (exact) mass is 408 g/mol. The molecule has 4 nitrogen and oxygen atoms in total. The highest BCUT2D eigenvalue weighted by Gasteiger charge is 2.15. The number of aromatic nitrogens is 1. The molecule has 0 saturated heterocycles. The van der Waals surface area contributed by atoms with Gasteiger partial charge >= 0.3 is 0 Å². The summed E-state index contributed by atoms with van der Waals surface area (Å²) < 4.78 is 5.85. The van der Waals surface area contributed by atoms with E-state index in [9.17, 15) is 4.79 Å². The molecule has 0 aliphatic heterocycles. The summed E-state index contributed by atoms with van der Waals surface area (Å²) in [5.74, 6) is 0.0503. The molecule has 0 aliphatic rings. The molecule has 0 spiro atoms. The minimum Gasteiger partial charge on any atom is -0.493 e. The number of amides is 1. The Labute approximate surface area is 144 Å². The van der Waals surface area contributed by atoms with Crippen LogP contribution in [-0.2, 0) is 0 Å². The van der Waals surface area contributed by atoms with Gasteiger partial charge in [0.15, 0.2) is 5.75 Å². The lowest BCUT2D eigenvalue weighted by atomic mass is 10.2. The van der Waals surface area contributed by atoms with E-state index in [-0.39, 0.29) is 15.7 Å². The topological polar surface area (TPSA) is 51.2 Å². The second-order valence-electron chi connectivity index (χ2n) is 3.92. The van der Waals surface area contributed by atoms with E-state index in [4.69, 9.17) is 39.5 Å². The van der Waals surface area contributed by atoms with Crippen LogP contribution in [0.15, 0.2) is 28.9 Å². The van der Waals surface area contributed by atoms with Gasteiger partial charge in [0.25, 0.3) is 5.91 Å². The summed E-state index contributed by atoms with van der Waals surface area (Å²) in [6.07, 6.45) is 1.33. The average molecular weight is 410 g/mol. The zero-order valence-electron chi connectivity index (χ0n) is 10.6. The number of carbonyl (C=O) groups is 1. The van der Waals surface area contributed by atoms with Gasteiger partial charge in [-0.05, 0) is 34.1 Å². The van der Waals surface area contributed by atoms with Crippen LogP contribution < -0.4 is 10.1 Å². The van der Waals surface area contributed by atoms with Crippen molar-refractivity contribution in [3.63, 3.8) is 0 Å². The number of pyridine rings is 1. The van der Waals surface area contributed by atoms with Crippen LogP contribution in [0.3, 0.4) is 0 Å². The number of rotatable bonds is 3. The molecule has 2 rings (SSSR count). The molecule has 0 radical (unpaired) electrons. The maximum Gasteiger partial charge on any atom is 0.257 e. The Morgan fingerprint density at radius 1 is 1.29 bits per heavy atom. The smallest absolute Gasteiger partial charge is 0.257 e. The van der Waals surface area contributed by atoms with Crippen molar-refractivity contribution in [3.8, 4) is 5.75 Å². The summed E-state index contributed by atoms with van der Waals surface area (Å²) in [5, 5.41) is 3.47. The SMILES string of the molecule is COc1c(Br)cc(Cl)cc1NC(=O)c1cnc(Cl)c(Cl)c1. The van der Waals surface area contributed by atoms with E-state index in [0.29, 0.717) is 20.9 Å². The number of carbonyl (C=O) groups excluding carboxylic acids is 1. The molecule has 1 amide bonds. The van der Waals surface area contributed by atoms with Crippen LogP contribution in [0.25, 0.3) is 0 Å². The number of nitrogens with one attached hydrogen (secondary N) is 1. The molecular weight excluding hydrogens is 402 g/mol. The first-order valence-electron chi connectivity index (χ1n) is 5.57. The van der Waals surface area contributed by atoms with E-state index < -0.39 is 5.91 Å². The first-order valence-corrected chi connectivity index (χ1v) is 7.50. The number of hydrogen-bond acceptors (Lipinski definition) is 3. The van der Waals surface area contributed by atoms with Crippen molar-refractivity contribution >= 4 is 62.3 Å². The average Bonchev–Trinajstić information content (AvgIpc) is 2.41. The summed E-state index contributed by atoms with van der Waals surface area (Å²) in [5.41, 5.74) is 0.690. The van der Waals surface area contributed by atoms with Crippen molar-refractivity contribution < 1.29 is 9.53 Å². The first kappa shape index (κ1) is 16.4. The molecule has 0 saturated carbocycles. The van der Waals surface area contributed by atoms with E-state index >= 15 is 0 Å². The normalized spacial score (nSPS) is 10.3. The fraction of sp³-hybridized carbons (Fsp3) is 0.0769. The molecule has 0 atom stereocenters. The zero-order valence-corrected chi connectivity index (χ0v) is 14.4. The summed E-state index contributed by atoms with van der Waals surface area (Å²) in [6, 6.07) is 4.67. The Morgan fingerprint density at radius 2 is 2.00 bits per heavy atom. The fourth-order valence-electron chi connectivity index (χ4n) is 1.60. The number of anilines is 1. The van der Waals surface area contributed by atoms with E-state index in [2.05, 4.69) is 26.2 Å². The third kappa shape index (κ3) is 3.80. The third-order valence-corrected chi connectivity index (χ3v) is 4.01. The Kier molecular flexibility index (Phi) is 5.32. The molecule has 1 aromatic heterocycles. The number of nitrogens with zero attached hydrogens (tertiary/aromatic N) is 1. The van der Waals surface area contributed by atoms with Crippen LogP contribution in [0.1, 0.15) is 10.4 Å². The highest BCUT2D eigenvalue weighted by atomic mass is 79.9. The third-order valence-electron chi connectivity index (χ3n) is 2.52. The first-order chi connectivity index (χ1) is 9.92. The van der Waals surface area contributed by atoms with Gasteiger partial charge in [-0.1, -0.05) is 34.8 Å². The predicted octanol–water partition coefficient (Wildman–Crippen LogP) is 5.07. The van der Waals surface area contributed by atoms with Crippen LogP contribution >= 0.6 is 50.7 Å². The van der Waals surface area contributed by atoms with Crippen LogP contribution in [0, 0.1) is 0 Å². The summed E-state index contributed by atoms with van der Waals surface area (Å²) in [6.45, 7) is 0. The Hall–Kier alpha value is -1.01. The summed E-state index contributed by atoms with van der Waals surface area (Å²) in [4.78, 5) is 16.0. The van der Waals surface area contributed by atoms with E-state index in [0.717, 1.165) is 0 Å². The number of hydrogen-bond donors (Lipinski definition) is 1. The molecule has 1 N–H and O–H groups in total. The van der Waals surface area contributed by atoms with Gasteiger partial charge in [-0.2, -0.15) is 0 Å². The van der Waals surface area contributed by atoms with Gasteiger partial charge in [-0.15, -0.1) is 0 Å². The number of ether oxygens (including phenoxy) is 1. The minimum atomic E-state index is -0.409. The molecule has 0 fully saturated rings. The molecule has 0 aliphatic carbocycles. The minimum absolute atomic E-state index is 0.135. The zero-order chi connectivity index (χ0) is 15.6. The maximum atomic E-state index is 12.2. The van der Waals surface area contributed by atoms with Crippen molar-refractivity contribution in [3.05, 3.63) is 49.6 Å². The van der Waals surface area contributed by atoms with Gasteiger partial charge in [0.05, 0.1) is 27.9 Å². The molecule has 0 bridgehead atoms. The lowest BCUT2D eigenvalue weighted by molar-refractivity contribution is 0.102. The molecule has 1 heterocycles. The molecule has 21 heavy (non-hydrogen) atoms. The van der Waals surface area contributed by atoms with Crippen LogP contribution in [-0.4, -0.2) is 18.0 Å². The molecule has 8 heteroatoms. The standard InChI is InChI=1S/C13H8BrCl3N2O2/c1-21-11-8(14)3-7(15)4-10(11)19-13(20)6-2-9(16)12(17)18-5-6/h2-5H,1H3,(H,19,20). The lowest BCUT2D eigenvalue weighted by Gasteiger charge is -2.12. The van der Waals surface area contributed by atoms with Crippen molar-refractivity contribution in [2.45, 2.75) is 0 Å². The van der Waals surface area contributed by atoms with E-state index in [1.807, 2.05) is 0 Å². The maximum absolute atomic E-state index is 12.2. The van der Waals surface area contributed by atoms with Gasteiger partial charge < -0.3 is 10.1 Å². The lowest BCUT2D eigenvalue weighted by Crippen LogP contribution is -2.13. The molecule has 1 aromatic carbocycles. The van der Waals surface area contributed by atoms with Gasteiger partial charge in [0, 0.05) is 11.2 Å². The number of benzene rings is 1. The van der Waals surface area contributed by atoms with Crippen LogP contribution in [0.4, 0.5) is 5.69 Å². The van der Waals surface area contributed by atoms with Crippen molar-refractivity contribution in [2.24, 2.45) is 0 Å². The van der Waals surface area contributed by atoms with Gasteiger partial charge in [-0.3, -0.25) is 4.79 Å². The number of methoxy groups -OCH3 is 1. The van der Waals surface area contributed by atoms with E-state index in [1.54, 1.807) is 12.1 Å². The van der Waals surface area contributed by atoms with Gasteiger partial charge in [0.1, 0.15) is 5.15 Å². The Morgan fingerprint density at radius 3 is 2.62 bits per heavy atom. The quantitative estimate of drug-likeness (QED) is 0.719. The molecular formula is C13H8BrCl3N2O2. The summed E-state index contributed by atoms with van der Waals surface area (Å²) in [7, 11) is 1.49. The molecule has 0 unspecified atom stereocenters. The highest BCUT2D eigenvalue weighted by Crippen LogP contribution is 2.36. The number of halogens is 4. The largest absolute Gasteiger partial charge is 0.493 e. The molecule has 110 valence electrons. The predicted molar refractivity (Wildman–Crippen MR) is 87.9 cm³/mol. The second kappa shape index (κ2) is 6.83. The van der Waals surface area contributed by atoms with Gasteiger partial charge in [-0.25, -0.2) is 4.98 Å². The van der Waals surface area contributed by atoms with E-state index in [1.165, 1.54) is 19.4 Å². The summed E-state index contributed by atoms with van der Waals surface area (Å²) >= 11 is 20.8. The molecule has 2 aromatic rings. The van der Waals surface area contributed by atoms with Crippen molar-refractivity contribution in [1.29, 1.82) is 0 Å². The van der Waals surface area contributed by atoms with Crippen molar-refractivity contribution in [1.82, 2.24) is 4.98 Å². The Balaban J connectivity index is 2.33.